The van der Waals surface area contributed by atoms with Crippen molar-refractivity contribution >= 4 is 11.6 Å². The van der Waals surface area contributed by atoms with Crippen molar-refractivity contribution in [2.24, 2.45) is 12.8 Å². The van der Waals surface area contributed by atoms with E-state index in [1.807, 2.05) is 18.2 Å². The van der Waals surface area contributed by atoms with Crippen LogP contribution in [0.3, 0.4) is 0 Å². The van der Waals surface area contributed by atoms with E-state index < -0.39 is 6.04 Å². The summed E-state index contributed by atoms with van der Waals surface area (Å²) in [6.07, 6.45) is 1.71. The molecule has 1 aromatic carbocycles. The Morgan fingerprint density at radius 3 is 2.53 bits per heavy atom. The van der Waals surface area contributed by atoms with Gasteiger partial charge in [0, 0.05) is 23.8 Å². The highest BCUT2D eigenvalue weighted by Gasteiger charge is 2.12. The van der Waals surface area contributed by atoms with Crippen LogP contribution in [0.15, 0.2) is 47.4 Å². The number of nitrogens with two attached hydrogens (primary N) is 1. The van der Waals surface area contributed by atoms with E-state index in [0.717, 1.165) is 5.56 Å². The van der Waals surface area contributed by atoms with Gasteiger partial charge in [-0.2, -0.15) is 0 Å². The Hall–Kier alpha value is -1.58. The van der Waals surface area contributed by atoms with Crippen LogP contribution in [-0.2, 0) is 7.05 Å². The number of halogens is 1. The fraction of sp³-hybridized carbons (Fsp3) is 0.154. The quantitative estimate of drug-likeness (QED) is 0.885. The predicted octanol–water partition coefficient (Wildman–Crippen LogP) is 2.09. The maximum atomic E-state index is 11.9. The summed E-state index contributed by atoms with van der Waals surface area (Å²) >= 11 is 5.81. The molecule has 0 aliphatic heterocycles. The fourth-order valence-corrected chi connectivity index (χ4v) is 1.83. The molecule has 1 heterocycles. The van der Waals surface area contributed by atoms with Gasteiger partial charge in [-0.15, -0.1) is 0 Å². The van der Waals surface area contributed by atoms with Crippen LogP contribution in [0.1, 0.15) is 17.2 Å². The SMILES string of the molecule is Cn1cccc(C(N)c2ccc(Cl)cc2)c1=O. The number of aryl methyl sites for hydroxylation is 1. The number of rotatable bonds is 2. The number of pyridine rings is 1. The summed E-state index contributed by atoms with van der Waals surface area (Å²) in [6.45, 7) is 0. The summed E-state index contributed by atoms with van der Waals surface area (Å²) in [4.78, 5) is 11.9. The molecule has 0 aliphatic rings. The van der Waals surface area contributed by atoms with E-state index in [0.29, 0.717) is 10.6 Å². The first kappa shape index (κ1) is 11.9. The average Bonchev–Trinajstić information content (AvgIpc) is 2.33. The molecule has 17 heavy (non-hydrogen) atoms. The minimum atomic E-state index is -0.424. The summed E-state index contributed by atoms with van der Waals surface area (Å²) in [7, 11) is 1.71. The monoisotopic (exact) mass is 248 g/mol. The summed E-state index contributed by atoms with van der Waals surface area (Å²) < 4.78 is 1.52. The van der Waals surface area contributed by atoms with Crippen molar-refractivity contribution in [3.05, 3.63) is 69.1 Å². The van der Waals surface area contributed by atoms with Gasteiger partial charge in [0.15, 0.2) is 0 Å². The van der Waals surface area contributed by atoms with Gasteiger partial charge >= 0.3 is 0 Å². The predicted molar refractivity (Wildman–Crippen MR) is 69.2 cm³/mol. The van der Waals surface area contributed by atoms with Crippen LogP contribution in [0.25, 0.3) is 0 Å². The van der Waals surface area contributed by atoms with Gasteiger partial charge in [-0.3, -0.25) is 4.79 Å². The van der Waals surface area contributed by atoms with E-state index in [9.17, 15) is 4.79 Å². The lowest BCUT2D eigenvalue weighted by atomic mass is 10.0. The molecule has 0 amide bonds. The molecular weight excluding hydrogens is 236 g/mol. The molecule has 0 radical (unpaired) electrons. The molecule has 2 rings (SSSR count). The van der Waals surface area contributed by atoms with Crippen LogP contribution >= 0.6 is 11.6 Å². The molecule has 3 nitrogen and oxygen atoms in total. The third-order valence-corrected chi connectivity index (χ3v) is 2.97. The van der Waals surface area contributed by atoms with Crippen LogP contribution < -0.4 is 11.3 Å². The van der Waals surface area contributed by atoms with Gasteiger partial charge in [0.25, 0.3) is 5.56 Å². The molecule has 0 saturated heterocycles. The number of nitrogens with zero attached hydrogens (tertiary/aromatic N) is 1. The molecule has 1 atom stereocenters. The highest BCUT2D eigenvalue weighted by atomic mass is 35.5. The highest BCUT2D eigenvalue weighted by molar-refractivity contribution is 6.30. The van der Waals surface area contributed by atoms with Crippen LogP contribution in [0, 0.1) is 0 Å². The zero-order valence-corrected chi connectivity index (χ0v) is 10.2. The first-order chi connectivity index (χ1) is 8.09. The summed E-state index contributed by atoms with van der Waals surface area (Å²) in [6, 6.07) is 10.3. The van der Waals surface area contributed by atoms with Crippen molar-refractivity contribution in [2.75, 3.05) is 0 Å². The lowest BCUT2D eigenvalue weighted by Gasteiger charge is -2.12. The summed E-state index contributed by atoms with van der Waals surface area (Å²) in [5, 5.41) is 0.655. The molecule has 88 valence electrons. The lowest BCUT2D eigenvalue weighted by Crippen LogP contribution is -2.26. The van der Waals surface area contributed by atoms with Crippen LogP contribution in [0.2, 0.25) is 5.02 Å². The Morgan fingerprint density at radius 2 is 1.88 bits per heavy atom. The van der Waals surface area contributed by atoms with E-state index >= 15 is 0 Å². The minimum Gasteiger partial charge on any atom is -0.320 e. The Kier molecular flexibility index (Phi) is 3.31. The van der Waals surface area contributed by atoms with Gasteiger partial charge in [-0.1, -0.05) is 29.8 Å². The van der Waals surface area contributed by atoms with E-state index in [1.54, 1.807) is 31.4 Å². The number of hydrogen-bond acceptors (Lipinski definition) is 2. The molecule has 0 spiro atoms. The minimum absolute atomic E-state index is 0.0741. The van der Waals surface area contributed by atoms with E-state index in [2.05, 4.69) is 0 Å². The lowest BCUT2D eigenvalue weighted by molar-refractivity contribution is 0.784. The maximum absolute atomic E-state index is 11.9. The molecule has 0 aliphatic carbocycles. The van der Waals surface area contributed by atoms with Gasteiger partial charge in [0.05, 0.1) is 6.04 Å². The molecule has 0 saturated carbocycles. The second kappa shape index (κ2) is 4.73. The van der Waals surface area contributed by atoms with Crippen molar-refractivity contribution in [3.63, 3.8) is 0 Å². The van der Waals surface area contributed by atoms with E-state index in [1.165, 1.54) is 4.57 Å². The molecule has 2 aromatic rings. The van der Waals surface area contributed by atoms with Gasteiger partial charge < -0.3 is 10.3 Å². The third kappa shape index (κ3) is 2.40. The normalized spacial score (nSPS) is 12.4. The van der Waals surface area contributed by atoms with Gasteiger partial charge in [0.1, 0.15) is 0 Å². The fourth-order valence-electron chi connectivity index (χ4n) is 1.70. The first-order valence-corrected chi connectivity index (χ1v) is 5.64. The highest BCUT2D eigenvalue weighted by Crippen LogP contribution is 2.18. The number of hydrogen-bond donors (Lipinski definition) is 1. The number of benzene rings is 1. The van der Waals surface area contributed by atoms with Gasteiger partial charge in [-0.05, 0) is 23.8 Å². The third-order valence-electron chi connectivity index (χ3n) is 2.72. The Labute approximate surface area is 104 Å². The molecule has 0 fully saturated rings. The Balaban J connectivity index is 2.44. The van der Waals surface area contributed by atoms with E-state index in [4.69, 9.17) is 17.3 Å². The van der Waals surface area contributed by atoms with Crippen molar-refractivity contribution in [1.82, 2.24) is 4.57 Å². The first-order valence-electron chi connectivity index (χ1n) is 5.26. The van der Waals surface area contributed by atoms with Gasteiger partial charge in [0.2, 0.25) is 0 Å². The Bertz CT molecular complexity index is 575. The standard InChI is InChI=1S/C13H13ClN2O/c1-16-8-2-3-11(13(16)17)12(15)9-4-6-10(14)7-5-9/h2-8,12H,15H2,1H3. The molecule has 2 N–H and O–H groups in total. The van der Waals surface area contributed by atoms with Crippen LogP contribution in [0.5, 0.6) is 0 Å². The summed E-state index contributed by atoms with van der Waals surface area (Å²) in [5.41, 5.74) is 7.46. The number of aromatic nitrogens is 1. The smallest absolute Gasteiger partial charge is 0.255 e. The second-order valence-corrected chi connectivity index (χ2v) is 4.35. The second-order valence-electron chi connectivity index (χ2n) is 3.91. The van der Waals surface area contributed by atoms with Crippen molar-refractivity contribution in [1.29, 1.82) is 0 Å². The molecule has 1 unspecified atom stereocenters. The van der Waals surface area contributed by atoms with Gasteiger partial charge in [-0.25, -0.2) is 0 Å². The van der Waals surface area contributed by atoms with Crippen LogP contribution in [-0.4, -0.2) is 4.57 Å². The van der Waals surface area contributed by atoms with Crippen molar-refractivity contribution in [2.45, 2.75) is 6.04 Å². The molecule has 1 aromatic heterocycles. The topological polar surface area (TPSA) is 48.0 Å². The molecule has 4 heteroatoms. The average molecular weight is 249 g/mol. The maximum Gasteiger partial charge on any atom is 0.255 e. The molecule has 0 bridgehead atoms. The summed E-state index contributed by atoms with van der Waals surface area (Å²) in [5.74, 6) is 0. The zero-order valence-electron chi connectivity index (χ0n) is 9.43. The zero-order chi connectivity index (χ0) is 12.4. The van der Waals surface area contributed by atoms with E-state index in [-0.39, 0.29) is 5.56 Å². The van der Waals surface area contributed by atoms with Crippen molar-refractivity contribution < 1.29 is 0 Å². The largest absolute Gasteiger partial charge is 0.320 e. The molecular formula is C13H13ClN2O. The Morgan fingerprint density at radius 1 is 1.24 bits per heavy atom. The van der Waals surface area contributed by atoms with Crippen LogP contribution in [0.4, 0.5) is 0 Å². The van der Waals surface area contributed by atoms with Crippen molar-refractivity contribution in [3.8, 4) is 0 Å².